The van der Waals surface area contributed by atoms with E-state index < -0.39 is 226 Å². The lowest BCUT2D eigenvalue weighted by atomic mass is 9.46. The Balaban J connectivity index is 0.902. The van der Waals surface area contributed by atoms with Gasteiger partial charge in [-0.1, -0.05) is 25.5 Å². The van der Waals surface area contributed by atoms with Gasteiger partial charge < -0.3 is 144 Å². The normalized spacial score (nSPS) is 57.0. The first-order valence-corrected chi connectivity index (χ1v) is 29.8. The van der Waals surface area contributed by atoms with Crippen LogP contribution >= 0.6 is 0 Å². The van der Waals surface area contributed by atoms with Crippen LogP contribution in [0.2, 0.25) is 0 Å². The Morgan fingerprint density at radius 3 is 1.85 bits per heavy atom. The largest absolute Gasteiger partial charge is 0.467 e. The van der Waals surface area contributed by atoms with Crippen molar-refractivity contribution in [2.24, 2.45) is 40.4 Å². The van der Waals surface area contributed by atoms with Crippen LogP contribution in [-0.4, -0.2) is 297 Å². The molecule has 0 bridgehead atoms. The molecule has 0 amide bonds. The van der Waals surface area contributed by atoms with E-state index >= 15 is 0 Å². The Hall–Kier alpha value is -1.84. The molecule has 4 aliphatic carbocycles. The highest BCUT2D eigenvalue weighted by atomic mass is 16.8. The molecular weight excluding hydrogens is 1140 g/mol. The number of allylic oxidation sites excluding steroid dienone is 1. The predicted octanol–water partition coefficient (Wildman–Crippen LogP) is -6.32. The van der Waals surface area contributed by atoms with Gasteiger partial charge in [-0.05, 0) is 81.6 Å². The minimum atomic E-state index is -1.97. The second-order valence-corrected chi connectivity index (χ2v) is 26.2. The van der Waals surface area contributed by atoms with Gasteiger partial charge in [0.2, 0.25) is 5.79 Å². The van der Waals surface area contributed by atoms with Crippen LogP contribution in [0.5, 0.6) is 0 Å². The zero-order valence-corrected chi connectivity index (χ0v) is 47.9. The summed E-state index contributed by atoms with van der Waals surface area (Å²) in [6, 6.07) is 0. The molecule has 0 aromatic carbocycles. The third-order valence-corrected chi connectivity index (χ3v) is 21.4. The number of rotatable bonds is 13. The van der Waals surface area contributed by atoms with Crippen molar-refractivity contribution < 1.29 is 144 Å². The van der Waals surface area contributed by atoms with E-state index in [1.165, 1.54) is 20.1 Å². The van der Waals surface area contributed by atoms with Crippen LogP contribution in [0.3, 0.4) is 0 Å². The minimum Gasteiger partial charge on any atom is -0.467 e. The molecule has 7 aliphatic heterocycles. The molecule has 37 atom stereocenters. The second-order valence-electron chi connectivity index (χ2n) is 26.2. The smallest absolute Gasteiger partial charge is 0.244 e. The van der Waals surface area contributed by atoms with E-state index in [1.807, 2.05) is 6.92 Å². The van der Waals surface area contributed by atoms with Gasteiger partial charge in [-0.2, -0.15) is 0 Å². The third-order valence-electron chi connectivity index (χ3n) is 21.4. The zero-order chi connectivity index (χ0) is 61.3. The van der Waals surface area contributed by atoms with E-state index in [4.69, 9.17) is 56.8 Å². The van der Waals surface area contributed by atoms with E-state index in [-0.39, 0.29) is 37.2 Å². The summed E-state index contributed by atoms with van der Waals surface area (Å²) in [7, 11) is 0. The lowest BCUT2D eigenvalue weighted by molar-refractivity contribution is -0.393. The Morgan fingerprint density at radius 1 is 0.600 bits per heavy atom. The van der Waals surface area contributed by atoms with Crippen molar-refractivity contribution >= 4 is 0 Å². The Labute approximate surface area is 489 Å². The number of aliphatic hydroxyl groups excluding tert-OH is 17. The second kappa shape index (κ2) is 24.7. The van der Waals surface area contributed by atoms with Crippen molar-refractivity contribution in [2.45, 2.75) is 257 Å². The summed E-state index contributed by atoms with van der Waals surface area (Å²) in [5.41, 5.74) is -0.309. The summed E-state index contributed by atoms with van der Waals surface area (Å²) in [5.74, 6) is -3.85. The number of ether oxygens (including phenoxy) is 12. The number of fused-ring (bicyclic) bond motifs is 7. The molecule has 6 unspecified atom stereocenters. The van der Waals surface area contributed by atoms with Gasteiger partial charge in [0.15, 0.2) is 31.5 Å². The molecule has 0 radical (unpaired) electrons. The molecule has 0 aromatic heterocycles. The lowest BCUT2D eigenvalue weighted by Crippen LogP contribution is -2.67. The lowest BCUT2D eigenvalue weighted by Gasteiger charge is -2.61. The van der Waals surface area contributed by atoms with Crippen LogP contribution in [0.15, 0.2) is 23.5 Å². The number of hydrogen-bond donors (Lipinski definition) is 17. The summed E-state index contributed by atoms with van der Waals surface area (Å²) in [4.78, 5) is 0. The highest BCUT2D eigenvalue weighted by molar-refractivity contribution is 5.29. The summed E-state index contributed by atoms with van der Waals surface area (Å²) in [6.07, 6.45) is -38.4. The van der Waals surface area contributed by atoms with Crippen LogP contribution in [0.1, 0.15) is 73.1 Å². The van der Waals surface area contributed by atoms with Crippen molar-refractivity contribution in [1.82, 2.24) is 0 Å². The topological polar surface area (TPSA) is 455 Å². The van der Waals surface area contributed by atoms with E-state index in [1.54, 1.807) is 6.92 Å². The molecule has 29 heteroatoms. The molecule has 9 fully saturated rings. The molecule has 486 valence electrons. The molecular formula is C56H88O29. The molecule has 0 aromatic rings. The van der Waals surface area contributed by atoms with Gasteiger partial charge in [0.05, 0.1) is 69.1 Å². The summed E-state index contributed by atoms with van der Waals surface area (Å²) in [5, 5.41) is 186. The molecule has 11 rings (SSSR count). The monoisotopic (exact) mass is 1220 g/mol. The maximum absolute atomic E-state index is 12.7. The third kappa shape index (κ3) is 10.9. The van der Waals surface area contributed by atoms with Gasteiger partial charge in [-0.15, -0.1) is 0 Å². The maximum Gasteiger partial charge on any atom is 0.244 e. The van der Waals surface area contributed by atoms with Crippen LogP contribution in [0.4, 0.5) is 0 Å². The average Bonchev–Trinajstić information content (AvgIpc) is 1.91. The minimum absolute atomic E-state index is 0.0312. The Kier molecular flexibility index (Phi) is 18.8. The van der Waals surface area contributed by atoms with E-state index in [0.717, 1.165) is 5.57 Å². The van der Waals surface area contributed by atoms with Crippen LogP contribution in [-0.2, 0) is 56.8 Å². The van der Waals surface area contributed by atoms with Crippen molar-refractivity contribution in [3.8, 4) is 0 Å². The van der Waals surface area contributed by atoms with Crippen LogP contribution in [0, 0.1) is 40.4 Å². The first kappa shape index (κ1) is 64.7. The summed E-state index contributed by atoms with van der Waals surface area (Å²) < 4.78 is 75.2. The van der Waals surface area contributed by atoms with Crippen molar-refractivity contribution in [2.75, 3.05) is 26.4 Å². The zero-order valence-electron chi connectivity index (χ0n) is 47.9. The fraction of sp³-hybridized carbons (Fsp3) is 0.929. The van der Waals surface area contributed by atoms with E-state index in [0.29, 0.717) is 31.3 Å². The SMILES string of the molecule is CC1=COC2(O[C@H]3CC4C5CC=C6C[C@@H](O)C[C@@H](O[C@@H]7O[C@H](CO)[C@@H](O)[C@H](O[C@@H]8OC[C@@H](O)[C@H](O)[C@H]8O)[C@H]7O[C@@H]7O[C@@H](C)[C@H](O)[C@@H](O)[C@H]7O)[C@]6(C)C5CC[C@]4(C)[C@H]3[C@@H]2CO[C@@H]2O[C@H](CO)[C@H](O)[C@H](O)[C@H]2O)C(O)C1O[C@@H]1O[C@H](C)[C@H](O)[C@H](O)[C@H]1O. The highest BCUT2D eigenvalue weighted by Crippen LogP contribution is 2.71. The molecule has 7 heterocycles. The molecule has 3 saturated carbocycles. The highest BCUT2D eigenvalue weighted by Gasteiger charge is 2.74. The van der Waals surface area contributed by atoms with Crippen molar-refractivity contribution in [1.29, 1.82) is 0 Å². The fourth-order valence-corrected chi connectivity index (χ4v) is 16.5. The Bertz CT molecular complexity index is 2370. The van der Waals surface area contributed by atoms with Gasteiger partial charge in [0, 0.05) is 17.8 Å². The summed E-state index contributed by atoms with van der Waals surface area (Å²) >= 11 is 0. The van der Waals surface area contributed by atoms with Gasteiger partial charge in [0.25, 0.3) is 0 Å². The molecule has 29 nitrogen and oxygen atoms in total. The quantitative estimate of drug-likeness (QED) is 0.0763. The average molecular weight is 1230 g/mol. The fourth-order valence-electron chi connectivity index (χ4n) is 16.5. The van der Waals surface area contributed by atoms with Crippen molar-refractivity contribution in [3.05, 3.63) is 23.5 Å². The first-order valence-electron chi connectivity index (χ1n) is 29.8. The standard InChI is InChI=1S/C56H88O29/c1-18-15-76-56(48(73)45(18)82-51-43(71)38(66)33(61)19(2)77-51)26(16-74-49-42(70)40(68)36(64)29(13-57)79-49)32-28(85-56)12-25-23-7-6-21-10-22(59)11-31(55(21,5)24(23)8-9-54(25,32)4)81-53-47(84-52-44(72)39(67)34(62)20(3)78-52)46(37(65)30(14-58)80-53)83-50-41(69)35(63)27(60)17-75-50/h6,15,19-20,22-53,57-73H,7-14,16-17H2,1-5H3/t19-,20+,22-,23?,24?,25?,26+,27-,28+,29-,30-,31-,32+,33+,34+,35+,36+,37-,38+,39-,40+,41-,42-,43-,44-,45?,46+,47-,48?,49-,50+,51+,52+,53+,54+,55+,56?/m1/s1. The predicted molar refractivity (Wildman–Crippen MR) is 277 cm³/mol. The first-order chi connectivity index (χ1) is 40.2. The molecule has 11 aliphatic rings. The molecule has 6 saturated heterocycles. The number of hydrogen-bond acceptors (Lipinski definition) is 29. The molecule has 1 spiro atoms. The maximum atomic E-state index is 12.7. The molecule has 85 heavy (non-hydrogen) atoms. The van der Waals surface area contributed by atoms with Gasteiger partial charge in [0.1, 0.15) is 116 Å². The summed E-state index contributed by atoms with van der Waals surface area (Å²) in [6.45, 7) is 6.32. The molecule has 17 N–H and O–H groups in total. The van der Waals surface area contributed by atoms with Crippen LogP contribution < -0.4 is 0 Å². The van der Waals surface area contributed by atoms with Crippen molar-refractivity contribution in [3.63, 3.8) is 0 Å². The Morgan fingerprint density at radius 2 is 1.19 bits per heavy atom. The van der Waals surface area contributed by atoms with Gasteiger partial charge in [-0.3, -0.25) is 0 Å². The number of aliphatic hydroxyl groups is 17. The van der Waals surface area contributed by atoms with E-state index in [9.17, 15) is 86.8 Å². The van der Waals surface area contributed by atoms with Gasteiger partial charge >= 0.3 is 0 Å². The van der Waals surface area contributed by atoms with Gasteiger partial charge in [-0.25, -0.2) is 0 Å². The van der Waals surface area contributed by atoms with E-state index in [2.05, 4.69) is 13.0 Å². The van der Waals surface area contributed by atoms with Crippen LogP contribution in [0.25, 0.3) is 0 Å².